The molecule has 6 heteroatoms. The molecule has 1 saturated heterocycles. The molecule has 0 radical (unpaired) electrons. The Labute approximate surface area is 133 Å². The number of benzene rings is 1. The average molecular weight is 354 g/mol. The molecule has 1 aromatic rings. The number of carbonyl (C=O) groups is 2. The number of aryl methyl sites for hydroxylation is 1. The third-order valence-corrected chi connectivity index (χ3v) is 4.27. The minimum Gasteiger partial charge on any atom is -0.369 e. The molecule has 0 saturated carbocycles. The number of halogens is 1. The van der Waals surface area contributed by atoms with Gasteiger partial charge in [-0.05, 0) is 47.0 Å². The van der Waals surface area contributed by atoms with Gasteiger partial charge in [-0.3, -0.25) is 14.5 Å². The standard InChI is InChI=1S/C15H20BrN3O2/c1-11-3-4-12(13(16)9-11)15(21)19-6-2-5-18(7-8-19)10-14(17)20/h3-4,9H,2,5-8,10H2,1H3,(H2,17,20). The van der Waals surface area contributed by atoms with Crippen LogP contribution in [0.5, 0.6) is 0 Å². The second-order valence-electron chi connectivity index (χ2n) is 5.37. The first-order valence-corrected chi connectivity index (χ1v) is 7.83. The van der Waals surface area contributed by atoms with Crippen molar-refractivity contribution in [2.75, 3.05) is 32.7 Å². The lowest BCUT2D eigenvalue weighted by Crippen LogP contribution is -2.38. The number of rotatable bonds is 3. The van der Waals surface area contributed by atoms with E-state index in [4.69, 9.17) is 5.73 Å². The molecule has 1 fully saturated rings. The summed E-state index contributed by atoms with van der Waals surface area (Å²) in [5, 5.41) is 0. The maximum absolute atomic E-state index is 12.6. The van der Waals surface area contributed by atoms with E-state index in [-0.39, 0.29) is 18.4 Å². The van der Waals surface area contributed by atoms with E-state index in [1.54, 1.807) is 0 Å². The van der Waals surface area contributed by atoms with Crippen LogP contribution >= 0.6 is 15.9 Å². The molecule has 1 heterocycles. The fraction of sp³-hybridized carbons (Fsp3) is 0.467. The molecule has 21 heavy (non-hydrogen) atoms. The van der Waals surface area contributed by atoms with Gasteiger partial charge < -0.3 is 10.6 Å². The summed E-state index contributed by atoms with van der Waals surface area (Å²) in [7, 11) is 0. The van der Waals surface area contributed by atoms with Crippen LogP contribution in [0.15, 0.2) is 22.7 Å². The molecular formula is C15H20BrN3O2. The summed E-state index contributed by atoms with van der Waals surface area (Å²) in [4.78, 5) is 27.4. The quantitative estimate of drug-likeness (QED) is 0.892. The van der Waals surface area contributed by atoms with Gasteiger partial charge in [0.2, 0.25) is 5.91 Å². The van der Waals surface area contributed by atoms with Crippen LogP contribution in [0.25, 0.3) is 0 Å². The molecule has 1 aromatic carbocycles. The fourth-order valence-corrected chi connectivity index (χ4v) is 3.18. The third-order valence-electron chi connectivity index (χ3n) is 3.61. The molecule has 0 bridgehead atoms. The van der Waals surface area contributed by atoms with E-state index in [0.29, 0.717) is 25.2 Å². The maximum Gasteiger partial charge on any atom is 0.255 e. The molecular weight excluding hydrogens is 334 g/mol. The van der Waals surface area contributed by atoms with Gasteiger partial charge in [0.05, 0.1) is 12.1 Å². The number of nitrogens with zero attached hydrogens (tertiary/aromatic N) is 2. The lowest BCUT2D eigenvalue weighted by Gasteiger charge is -2.22. The molecule has 1 aliphatic heterocycles. The van der Waals surface area contributed by atoms with Crippen LogP contribution in [0.4, 0.5) is 0 Å². The first-order valence-electron chi connectivity index (χ1n) is 7.03. The highest BCUT2D eigenvalue weighted by molar-refractivity contribution is 9.10. The first kappa shape index (κ1) is 16.0. The molecule has 1 aliphatic rings. The van der Waals surface area contributed by atoms with Gasteiger partial charge >= 0.3 is 0 Å². The number of primary amides is 1. The Hall–Kier alpha value is -1.40. The predicted molar refractivity (Wildman–Crippen MR) is 85.0 cm³/mol. The first-order chi connectivity index (χ1) is 9.97. The van der Waals surface area contributed by atoms with Gasteiger partial charge in [-0.2, -0.15) is 0 Å². The van der Waals surface area contributed by atoms with Gasteiger partial charge in [0.1, 0.15) is 0 Å². The van der Waals surface area contributed by atoms with Crippen LogP contribution in [-0.4, -0.2) is 54.3 Å². The SMILES string of the molecule is Cc1ccc(C(=O)N2CCCN(CC(N)=O)CC2)c(Br)c1. The van der Waals surface area contributed by atoms with E-state index in [2.05, 4.69) is 15.9 Å². The van der Waals surface area contributed by atoms with E-state index in [9.17, 15) is 9.59 Å². The normalized spacial score (nSPS) is 16.6. The smallest absolute Gasteiger partial charge is 0.255 e. The van der Waals surface area contributed by atoms with Gasteiger partial charge in [0, 0.05) is 30.7 Å². The molecule has 0 unspecified atom stereocenters. The lowest BCUT2D eigenvalue weighted by molar-refractivity contribution is -0.119. The Morgan fingerprint density at radius 2 is 2.00 bits per heavy atom. The van der Waals surface area contributed by atoms with E-state index < -0.39 is 0 Å². The van der Waals surface area contributed by atoms with Gasteiger partial charge in [-0.25, -0.2) is 0 Å². The largest absolute Gasteiger partial charge is 0.369 e. The Bertz CT molecular complexity index is 548. The van der Waals surface area contributed by atoms with Crippen molar-refractivity contribution in [1.29, 1.82) is 0 Å². The van der Waals surface area contributed by atoms with Crippen molar-refractivity contribution in [2.45, 2.75) is 13.3 Å². The summed E-state index contributed by atoms with van der Waals surface area (Å²) < 4.78 is 0.825. The number of hydrogen-bond donors (Lipinski definition) is 1. The number of nitrogens with two attached hydrogens (primary N) is 1. The van der Waals surface area contributed by atoms with Crippen molar-refractivity contribution in [1.82, 2.24) is 9.80 Å². The van der Waals surface area contributed by atoms with Crippen molar-refractivity contribution in [3.8, 4) is 0 Å². The molecule has 0 aliphatic carbocycles. The van der Waals surface area contributed by atoms with Crippen molar-refractivity contribution in [3.05, 3.63) is 33.8 Å². The summed E-state index contributed by atoms with van der Waals surface area (Å²) in [5.41, 5.74) is 7.02. The molecule has 2 N–H and O–H groups in total. The van der Waals surface area contributed by atoms with Crippen LogP contribution in [0, 0.1) is 6.92 Å². The monoisotopic (exact) mass is 353 g/mol. The molecule has 5 nitrogen and oxygen atoms in total. The number of hydrogen-bond acceptors (Lipinski definition) is 3. The van der Waals surface area contributed by atoms with Crippen LogP contribution < -0.4 is 5.73 Å². The Balaban J connectivity index is 2.04. The summed E-state index contributed by atoms with van der Waals surface area (Å²) in [6.07, 6.45) is 0.850. The third kappa shape index (κ3) is 4.28. The summed E-state index contributed by atoms with van der Waals surface area (Å²) in [6.45, 7) is 5.05. The Morgan fingerprint density at radius 3 is 2.67 bits per heavy atom. The van der Waals surface area contributed by atoms with E-state index in [0.717, 1.165) is 23.0 Å². The second-order valence-corrected chi connectivity index (χ2v) is 6.23. The van der Waals surface area contributed by atoms with Crippen LogP contribution in [0.2, 0.25) is 0 Å². The zero-order valence-corrected chi connectivity index (χ0v) is 13.7. The topological polar surface area (TPSA) is 66.6 Å². The highest BCUT2D eigenvalue weighted by Crippen LogP contribution is 2.20. The van der Waals surface area contributed by atoms with Gasteiger partial charge in [0.25, 0.3) is 5.91 Å². The molecule has 0 spiro atoms. The van der Waals surface area contributed by atoms with Crippen LogP contribution in [-0.2, 0) is 4.79 Å². The van der Waals surface area contributed by atoms with Gasteiger partial charge in [-0.15, -0.1) is 0 Å². The summed E-state index contributed by atoms with van der Waals surface area (Å²) >= 11 is 3.46. The molecule has 0 atom stereocenters. The molecule has 114 valence electrons. The zero-order chi connectivity index (χ0) is 15.4. The minimum absolute atomic E-state index is 0.0304. The molecule has 2 amide bonds. The van der Waals surface area contributed by atoms with E-state index in [1.807, 2.05) is 34.9 Å². The highest BCUT2D eigenvalue weighted by Gasteiger charge is 2.22. The van der Waals surface area contributed by atoms with Crippen molar-refractivity contribution in [2.24, 2.45) is 5.73 Å². The van der Waals surface area contributed by atoms with Crippen molar-refractivity contribution in [3.63, 3.8) is 0 Å². The second kappa shape index (κ2) is 7.04. The van der Waals surface area contributed by atoms with Crippen LogP contribution in [0.1, 0.15) is 22.3 Å². The van der Waals surface area contributed by atoms with Crippen molar-refractivity contribution >= 4 is 27.7 Å². The molecule has 0 aromatic heterocycles. The lowest BCUT2D eigenvalue weighted by atomic mass is 10.1. The summed E-state index contributed by atoms with van der Waals surface area (Å²) in [5.74, 6) is -0.293. The highest BCUT2D eigenvalue weighted by atomic mass is 79.9. The van der Waals surface area contributed by atoms with Gasteiger partial charge in [-0.1, -0.05) is 6.07 Å². The molecule has 2 rings (SSSR count). The predicted octanol–water partition coefficient (Wildman–Crippen LogP) is 1.39. The fourth-order valence-electron chi connectivity index (χ4n) is 2.52. The van der Waals surface area contributed by atoms with Crippen molar-refractivity contribution < 1.29 is 9.59 Å². The number of amides is 2. The van der Waals surface area contributed by atoms with Gasteiger partial charge in [0.15, 0.2) is 0 Å². The van der Waals surface area contributed by atoms with E-state index >= 15 is 0 Å². The maximum atomic E-state index is 12.6. The zero-order valence-electron chi connectivity index (χ0n) is 12.1. The summed E-state index contributed by atoms with van der Waals surface area (Å²) in [6, 6.07) is 5.74. The van der Waals surface area contributed by atoms with Crippen LogP contribution in [0.3, 0.4) is 0 Å². The average Bonchev–Trinajstić information content (AvgIpc) is 2.63. The Morgan fingerprint density at radius 1 is 1.24 bits per heavy atom. The Kier molecular flexibility index (Phi) is 5.36. The minimum atomic E-state index is -0.323. The number of carbonyl (C=O) groups excluding carboxylic acids is 2. The van der Waals surface area contributed by atoms with E-state index in [1.165, 1.54) is 0 Å².